The van der Waals surface area contributed by atoms with Crippen molar-refractivity contribution in [2.45, 2.75) is 39.2 Å². The van der Waals surface area contributed by atoms with Crippen LogP contribution in [0.2, 0.25) is 0 Å². The average molecular weight is 153 g/mol. The average Bonchev–Trinajstić information content (AvgIpc) is 2.32. The largest absolute Gasteiger partial charge is 0.313 e. The van der Waals surface area contributed by atoms with E-state index in [1.807, 2.05) is 0 Å². The van der Waals surface area contributed by atoms with Gasteiger partial charge in [-0.3, -0.25) is 0 Å². The third-order valence-corrected chi connectivity index (χ3v) is 3.60. The van der Waals surface area contributed by atoms with Crippen LogP contribution in [0.25, 0.3) is 0 Å². The zero-order valence-corrected chi connectivity index (χ0v) is 7.64. The lowest BCUT2D eigenvalue weighted by atomic mass is 9.76. The van der Waals surface area contributed by atoms with Crippen LogP contribution in [0.4, 0.5) is 0 Å². The van der Waals surface area contributed by atoms with Crippen LogP contribution in [0.3, 0.4) is 0 Å². The first-order chi connectivity index (χ1) is 5.27. The molecule has 1 N–H and O–H groups in total. The second-order valence-corrected chi connectivity index (χ2v) is 4.57. The van der Waals surface area contributed by atoms with Gasteiger partial charge in [0.25, 0.3) is 0 Å². The molecule has 0 aromatic rings. The quantitative estimate of drug-likeness (QED) is 0.561. The smallest absolute Gasteiger partial charge is 0.0101 e. The predicted molar refractivity (Wildman–Crippen MR) is 47.5 cm³/mol. The molecule has 0 amide bonds. The minimum atomic E-state index is 0.869. The van der Waals surface area contributed by atoms with Crippen molar-refractivity contribution >= 4 is 0 Å². The third-order valence-electron chi connectivity index (χ3n) is 3.60. The highest BCUT2D eigenvalue weighted by Crippen LogP contribution is 2.36. The van der Waals surface area contributed by atoms with Gasteiger partial charge in [-0.05, 0) is 37.1 Å². The van der Waals surface area contributed by atoms with Gasteiger partial charge in [-0.1, -0.05) is 20.3 Å². The SMILES string of the molecule is CC1CCC2C(C)CNC2C1. The Hall–Kier alpha value is -0.0400. The lowest BCUT2D eigenvalue weighted by molar-refractivity contribution is 0.234. The molecule has 1 aliphatic carbocycles. The van der Waals surface area contributed by atoms with E-state index in [0.29, 0.717) is 0 Å². The minimum Gasteiger partial charge on any atom is -0.313 e. The Bertz CT molecular complexity index is 144. The lowest BCUT2D eigenvalue weighted by Gasteiger charge is -2.31. The van der Waals surface area contributed by atoms with Crippen LogP contribution < -0.4 is 5.32 Å². The van der Waals surface area contributed by atoms with Crippen LogP contribution in [0, 0.1) is 17.8 Å². The molecular weight excluding hydrogens is 134 g/mol. The van der Waals surface area contributed by atoms with Gasteiger partial charge in [0.1, 0.15) is 0 Å². The van der Waals surface area contributed by atoms with E-state index in [1.54, 1.807) is 0 Å². The first kappa shape index (κ1) is 7.60. The first-order valence-electron chi connectivity index (χ1n) is 5.00. The fourth-order valence-corrected chi connectivity index (χ4v) is 2.81. The topological polar surface area (TPSA) is 12.0 Å². The fraction of sp³-hybridized carbons (Fsp3) is 1.00. The van der Waals surface area contributed by atoms with Crippen molar-refractivity contribution in [3.05, 3.63) is 0 Å². The molecule has 1 aliphatic heterocycles. The van der Waals surface area contributed by atoms with Crippen molar-refractivity contribution in [2.24, 2.45) is 17.8 Å². The van der Waals surface area contributed by atoms with Gasteiger partial charge in [0.05, 0.1) is 0 Å². The van der Waals surface area contributed by atoms with Gasteiger partial charge >= 0.3 is 0 Å². The van der Waals surface area contributed by atoms with Crippen molar-refractivity contribution in [1.29, 1.82) is 0 Å². The molecule has 4 unspecified atom stereocenters. The van der Waals surface area contributed by atoms with Gasteiger partial charge in [0.2, 0.25) is 0 Å². The van der Waals surface area contributed by atoms with E-state index in [4.69, 9.17) is 0 Å². The molecule has 0 spiro atoms. The molecule has 1 saturated heterocycles. The summed E-state index contributed by atoms with van der Waals surface area (Å²) in [6.07, 6.45) is 4.36. The molecule has 2 fully saturated rings. The maximum absolute atomic E-state index is 3.64. The van der Waals surface area contributed by atoms with Gasteiger partial charge < -0.3 is 5.32 Å². The predicted octanol–water partition coefficient (Wildman–Crippen LogP) is 2.03. The van der Waals surface area contributed by atoms with Gasteiger partial charge in [-0.25, -0.2) is 0 Å². The molecule has 0 radical (unpaired) electrons. The molecule has 4 atom stereocenters. The van der Waals surface area contributed by atoms with Gasteiger partial charge in [0.15, 0.2) is 0 Å². The summed E-state index contributed by atoms with van der Waals surface area (Å²) in [5.41, 5.74) is 0. The summed E-state index contributed by atoms with van der Waals surface area (Å²) in [5.74, 6) is 2.91. The summed E-state index contributed by atoms with van der Waals surface area (Å²) in [4.78, 5) is 0. The second kappa shape index (κ2) is 2.78. The monoisotopic (exact) mass is 153 g/mol. The second-order valence-electron chi connectivity index (χ2n) is 4.57. The lowest BCUT2D eigenvalue weighted by Crippen LogP contribution is -2.33. The summed E-state index contributed by atoms with van der Waals surface area (Å²) in [6.45, 7) is 6.05. The van der Waals surface area contributed by atoms with Crippen LogP contribution in [0.1, 0.15) is 33.1 Å². The van der Waals surface area contributed by atoms with Gasteiger partial charge in [-0.2, -0.15) is 0 Å². The highest BCUT2D eigenvalue weighted by atomic mass is 15.0. The molecule has 2 aliphatic rings. The van der Waals surface area contributed by atoms with Crippen LogP contribution in [-0.2, 0) is 0 Å². The van der Waals surface area contributed by atoms with Crippen molar-refractivity contribution < 1.29 is 0 Å². The summed E-state index contributed by atoms with van der Waals surface area (Å²) in [7, 11) is 0. The minimum absolute atomic E-state index is 0.869. The van der Waals surface area contributed by atoms with Gasteiger partial charge in [-0.15, -0.1) is 0 Å². The number of hydrogen-bond acceptors (Lipinski definition) is 1. The standard InChI is InChI=1S/C10H19N/c1-7-3-4-9-8(2)6-11-10(9)5-7/h7-11H,3-6H2,1-2H3. The first-order valence-corrected chi connectivity index (χ1v) is 5.00. The highest BCUT2D eigenvalue weighted by molar-refractivity contribution is 4.92. The molecule has 0 aromatic heterocycles. The fourth-order valence-electron chi connectivity index (χ4n) is 2.81. The molecule has 1 nitrogen and oxygen atoms in total. The van der Waals surface area contributed by atoms with E-state index in [1.165, 1.54) is 25.8 Å². The molecular formula is C10H19N. The van der Waals surface area contributed by atoms with Crippen molar-refractivity contribution in [3.8, 4) is 0 Å². The van der Waals surface area contributed by atoms with Crippen LogP contribution in [0.15, 0.2) is 0 Å². The van der Waals surface area contributed by atoms with Crippen LogP contribution in [0.5, 0.6) is 0 Å². The van der Waals surface area contributed by atoms with Gasteiger partial charge in [0, 0.05) is 6.04 Å². The molecule has 64 valence electrons. The molecule has 1 heteroatoms. The zero-order valence-electron chi connectivity index (χ0n) is 7.64. The Morgan fingerprint density at radius 1 is 1.18 bits per heavy atom. The summed E-state index contributed by atoms with van der Waals surface area (Å²) >= 11 is 0. The molecule has 1 heterocycles. The molecule has 2 rings (SSSR count). The number of hydrogen-bond donors (Lipinski definition) is 1. The van der Waals surface area contributed by atoms with E-state index < -0.39 is 0 Å². The van der Waals surface area contributed by atoms with E-state index in [9.17, 15) is 0 Å². The summed E-state index contributed by atoms with van der Waals surface area (Å²) < 4.78 is 0. The van der Waals surface area contributed by atoms with Crippen molar-refractivity contribution in [2.75, 3.05) is 6.54 Å². The van der Waals surface area contributed by atoms with E-state index in [-0.39, 0.29) is 0 Å². The Morgan fingerprint density at radius 3 is 2.82 bits per heavy atom. The number of rotatable bonds is 0. The van der Waals surface area contributed by atoms with Crippen molar-refractivity contribution in [3.63, 3.8) is 0 Å². The van der Waals surface area contributed by atoms with E-state index >= 15 is 0 Å². The highest BCUT2D eigenvalue weighted by Gasteiger charge is 2.36. The maximum atomic E-state index is 3.64. The molecule has 11 heavy (non-hydrogen) atoms. The number of fused-ring (bicyclic) bond motifs is 1. The van der Waals surface area contributed by atoms with Crippen molar-refractivity contribution in [1.82, 2.24) is 5.32 Å². The summed E-state index contributed by atoms with van der Waals surface area (Å²) in [5, 5.41) is 3.64. The van der Waals surface area contributed by atoms with E-state index in [0.717, 1.165) is 23.8 Å². The van der Waals surface area contributed by atoms with E-state index in [2.05, 4.69) is 19.2 Å². The molecule has 0 aromatic carbocycles. The van der Waals surface area contributed by atoms with Crippen LogP contribution in [-0.4, -0.2) is 12.6 Å². The molecule has 0 bridgehead atoms. The summed E-state index contributed by atoms with van der Waals surface area (Å²) in [6, 6.07) is 0.869. The number of nitrogens with one attached hydrogen (secondary N) is 1. The maximum Gasteiger partial charge on any atom is 0.0101 e. The Labute approximate surface area is 69.6 Å². The third kappa shape index (κ3) is 1.31. The zero-order chi connectivity index (χ0) is 7.84. The Balaban J connectivity index is 2.00. The Kier molecular flexibility index (Phi) is 1.92. The Morgan fingerprint density at radius 2 is 2.00 bits per heavy atom. The van der Waals surface area contributed by atoms with Crippen LogP contribution >= 0.6 is 0 Å². The normalized spacial score (nSPS) is 50.7. The molecule has 1 saturated carbocycles.